The molecule has 4 heteroatoms. The minimum Gasteiger partial charge on any atom is -0.463 e. The fraction of sp³-hybridized carbons (Fsp3) is 0.107. The highest BCUT2D eigenvalue weighted by Crippen LogP contribution is 2.27. The average Bonchev–Trinajstić information content (AvgIpc) is 3.42. The zero-order chi connectivity index (χ0) is 21.9. The first kappa shape index (κ1) is 19.9. The Balaban J connectivity index is 1.59. The summed E-state index contributed by atoms with van der Waals surface area (Å²) in [6.07, 6.45) is 1.67. The first-order valence-electron chi connectivity index (χ1n) is 10.7. The Kier molecular flexibility index (Phi) is 5.34. The second-order valence-corrected chi connectivity index (χ2v) is 7.92. The predicted octanol–water partition coefficient (Wildman–Crippen LogP) is 6.44. The van der Waals surface area contributed by atoms with Gasteiger partial charge in [0.2, 0.25) is 0 Å². The quantitative estimate of drug-likeness (QED) is 0.317. The van der Waals surface area contributed by atoms with Crippen molar-refractivity contribution >= 4 is 22.7 Å². The second kappa shape index (κ2) is 8.60. The van der Waals surface area contributed by atoms with Crippen molar-refractivity contribution in [3.8, 4) is 0 Å². The summed E-state index contributed by atoms with van der Waals surface area (Å²) in [5.74, 6) is -0.0555. The lowest BCUT2D eigenvalue weighted by atomic mass is 10.1. The van der Waals surface area contributed by atoms with E-state index in [2.05, 4.69) is 23.6 Å². The molecule has 0 bridgehead atoms. The molecule has 32 heavy (non-hydrogen) atoms. The smallest absolute Gasteiger partial charge is 0.275 e. The average molecular weight is 421 g/mol. The number of aromatic nitrogens is 1. The van der Waals surface area contributed by atoms with E-state index in [0.29, 0.717) is 18.8 Å². The van der Waals surface area contributed by atoms with E-state index in [1.807, 2.05) is 89.8 Å². The number of benzene rings is 3. The molecule has 158 valence electrons. The molecule has 1 amide bonds. The fourth-order valence-corrected chi connectivity index (χ4v) is 4.08. The number of rotatable bonds is 6. The lowest BCUT2D eigenvalue weighted by Gasteiger charge is -2.24. The molecule has 2 heterocycles. The summed E-state index contributed by atoms with van der Waals surface area (Å²) in [6, 6.07) is 31.9. The van der Waals surface area contributed by atoms with Gasteiger partial charge in [-0.1, -0.05) is 72.8 Å². The molecule has 0 saturated carbocycles. The molecule has 2 aromatic heterocycles. The normalized spacial score (nSPS) is 11.0. The van der Waals surface area contributed by atoms with E-state index in [1.165, 1.54) is 11.1 Å². The molecule has 5 aromatic rings. The van der Waals surface area contributed by atoms with Crippen molar-refractivity contribution in [2.24, 2.45) is 0 Å². The maximum Gasteiger partial charge on any atom is 0.275 e. The van der Waals surface area contributed by atoms with Crippen LogP contribution in [0.3, 0.4) is 0 Å². The molecule has 0 aliphatic carbocycles. The fourth-order valence-electron chi connectivity index (χ4n) is 4.08. The summed E-state index contributed by atoms with van der Waals surface area (Å²) < 4.78 is 7.73. The van der Waals surface area contributed by atoms with E-state index >= 15 is 0 Å². The summed E-state index contributed by atoms with van der Waals surface area (Å²) >= 11 is 0. The highest BCUT2D eigenvalue weighted by molar-refractivity contribution is 6.07. The van der Waals surface area contributed by atoms with Crippen LogP contribution in [0.4, 0.5) is 5.69 Å². The van der Waals surface area contributed by atoms with Gasteiger partial charge in [0.15, 0.2) is 5.58 Å². The highest BCUT2D eigenvalue weighted by atomic mass is 16.3. The number of para-hydroxylation sites is 1. The van der Waals surface area contributed by atoms with Crippen LogP contribution >= 0.6 is 0 Å². The standard InChI is InChI=1S/C28H24N2O2/c1-21-10-8-9-13-23(21)20-30-25-16-17-32-27(25)18-26(30)28(31)29(24-14-6-3-7-15-24)19-22-11-4-2-5-12-22/h2-18H,19-20H2,1H3. The van der Waals surface area contributed by atoms with Crippen LogP contribution in [0.15, 0.2) is 108 Å². The summed E-state index contributed by atoms with van der Waals surface area (Å²) in [5.41, 5.74) is 6.56. The van der Waals surface area contributed by atoms with E-state index in [1.54, 1.807) is 6.26 Å². The van der Waals surface area contributed by atoms with Crippen LogP contribution in [0.1, 0.15) is 27.2 Å². The topological polar surface area (TPSA) is 38.4 Å². The molecule has 0 N–H and O–H groups in total. The van der Waals surface area contributed by atoms with Gasteiger partial charge in [-0.05, 0) is 35.7 Å². The van der Waals surface area contributed by atoms with Crippen LogP contribution in [-0.4, -0.2) is 10.5 Å². The summed E-state index contributed by atoms with van der Waals surface area (Å²) in [5, 5.41) is 0. The largest absolute Gasteiger partial charge is 0.463 e. The van der Waals surface area contributed by atoms with Crippen molar-refractivity contribution in [1.29, 1.82) is 0 Å². The number of aryl methyl sites for hydroxylation is 1. The number of nitrogens with zero attached hydrogens (tertiary/aromatic N) is 2. The van der Waals surface area contributed by atoms with Crippen molar-refractivity contribution in [3.63, 3.8) is 0 Å². The zero-order valence-corrected chi connectivity index (χ0v) is 17.9. The summed E-state index contributed by atoms with van der Waals surface area (Å²) in [6.45, 7) is 3.18. The Hall–Kier alpha value is -4.05. The van der Waals surface area contributed by atoms with Crippen molar-refractivity contribution < 1.29 is 9.21 Å². The maximum absolute atomic E-state index is 14.0. The van der Waals surface area contributed by atoms with Gasteiger partial charge in [-0.25, -0.2) is 0 Å². The highest BCUT2D eigenvalue weighted by Gasteiger charge is 2.24. The number of hydrogen-bond donors (Lipinski definition) is 0. The number of hydrogen-bond acceptors (Lipinski definition) is 2. The van der Waals surface area contributed by atoms with Gasteiger partial charge in [-0.15, -0.1) is 0 Å². The van der Waals surface area contributed by atoms with Gasteiger partial charge in [0, 0.05) is 24.4 Å². The summed E-state index contributed by atoms with van der Waals surface area (Å²) in [4.78, 5) is 15.8. The van der Waals surface area contributed by atoms with Crippen molar-refractivity contribution in [2.45, 2.75) is 20.0 Å². The van der Waals surface area contributed by atoms with E-state index in [-0.39, 0.29) is 5.91 Å². The van der Waals surface area contributed by atoms with Gasteiger partial charge in [0.05, 0.1) is 18.3 Å². The molecule has 0 unspecified atom stereocenters. The van der Waals surface area contributed by atoms with E-state index in [4.69, 9.17) is 4.42 Å². The molecule has 0 saturated heterocycles. The Morgan fingerprint density at radius 1 is 0.875 bits per heavy atom. The summed E-state index contributed by atoms with van der Waals surface area (Å²) in [7, 11) is 0. The SMILES string of the molecule is Cc1ccccc1Cn1c(C(=O)N(Cc2ccccc2)c2ccccc2)cc2occc21. The minimum absolute atomic E-state index is 0.0555. The van der Waals surface area contributed by atoms with E-state index < -0.39 is 0 Å². The molecule has 0 aliphatic rings. The third-order valence-electron chi connectivity index (χ3n) is 5.83. The second-order valence-electron chi connectivity index (χ2n) is 7.92. The number of carbonyl (C=O) groups is 1. The Bertz CT molecular complexity index is 1350. The third kappa shape index (κ3) is 3.83. The number of amides is 1. The zero-order valence-electron chi connectivity index (χ0n) is 17.9. The molecule has 4 nitrogen and oxygen atoms in total. The van der Waals surface area contributed by atoms with Crippen molar-refractivity contribution in [2.75, 3.05) is 4.90 Å². The van der Waals surface area contributed by atoms with Gasteiger partial charge in [0.1, 0.15) is 5.69 Å². The van der Waals surface area contributed by atoms with Crippen LogP contribution in [-0.2, 0) is 13.1 Å². The van der Waals surface area contributed by atoms with Crippen LogP contribution in [0, 0.1) is 6.92 Å². The third-order valence-corrected chi connectivity index (χ3v) is 5.83. The Morgan fingerprint density at radius 3 is 2.31 bits per heavy atom. The minimum atomic E-state index is -0.0555. The lowest BCUT2D eigenvalue weighted by molar-refractivity contribution is 0.0977. The molecular formula is C28H24N2O2. The van der Waals surface area contributed by atoms with E-state index in [0.717, 1.165) is 22.4 Å². The van der Waals surface area contributed by atoms with Crippen LogP contribution in [0.5, 0.6) is 0 Å². The van der Waals surface area contributed by atoms with Crippen LogP contribution in [0.2, 0.25) is 0 Å². The Morgan fingerprint density at radius 2 is 1.56 bits per heavy atom. The first-order valence-corrected chi connectivity index (χ1v) is 10.7. The van der Waals surface area contributed by atoms with Crippen molar-refractivity contribution in [1.82, 2.24) is 4.57 Å². The van der Waals surface area contributed by atoms with Gasteiger partial charge in [-0.2, -0.15) is 0 Å². The first-order chi connectivity index (χ1) is 15.7. The lowest BCUT2D eigenvalue weighted by Crippen LogP contribution is -2.32. The van der Waals surface area contributed by atoms with Gasteiger partial charge in [0.25, 0.3) is 5.91 Å². The number of anilines is 1. The maximum atomic E-state index is 14.0. The van der Waals surface area contributed by atoms with Crippen LogP contribution < -0.4 is 4.90 Å². The number of furan rings is 1. The molecule has 3 aromatic carbocycles. The number of fused-ring (bicyclic) bond motifs is 1. The van der Waals surface area contributed by atoms with Gasteiger partial charge in [-0.3, -0.25) is 4.79 Å². The number of carbonyl (C=O) groups excluding carboxylic acids is 1. The Labute approximate surface area is 187 Å². The van der Waals surface area contributed by atoms with Gasteiger partial charge >= 0.3 is 0 Å². The monoisotopic (exact) mass is 420 g/mol. The van der Waals surface area contributed by atoms with Gasteiger partial charge < -0.3 is 13.9 Å². The molecule has 0 radical (unpaired) electrons. The van der Waals surface area contributed by atoms with Crippen molar-refractivity contribution in [3.05, 3.63) is 126 Å². The molecule has 0 atom stereocenters. The predicted molar refractivity (Wildman–Crippen MR) is 128 cm³/mol. The van der Waals surface area contributed by atoms with Crippen LogP contribution in [0.25, 0.3) is 11.1 Å². The molecule has 0 aliphatic heterocycles. The molecule has 0 fully saturated rings. The molecule has 0 spiro atoms. The van der Waals surface area contributed by atoms with E-state index in [9.17, 15) is 4.79 Å². The molecule has 5 rings (SSSR count). The molecular weight excluding hydrogens is 396 g/mol.